The van der Waals surface area contributed by atoms with Gasteiger partial charge in [-0.3, -0.25) is 0 Å². The Bertz CT molecular complexity index is 766. The summed E-state index contributed by atoms with van der Waals surface area (Å²) in [6, 6.07) is 4.47. The van der Waals surface area contributed by atoms with Crippen LogP contribution in [-0.2, 0) is 20.7 Å². The zero-order valence-electron chi connectivity index (χ0n) is 14.6. The first-order valence-corrected chi connectivity index (χ1v) is 8.68. The maximum Gasteiger partial charge on any atom is 0.408 e. The molecular formula is C17H21BrN2O5. The summed E-state index contributed by atoms with van der Waals surface area (Å²) >= 11 is 3.36. The van der Waals surface area contributed by atoms with Crippen LogP contribution < -0.4 is 5.32 Å². The van der Waals surface area contributed by atoms with Crippen LogP contribution in [0.3, 0.4) is 0 Å². The minimum Gasteiger partial charge on any atom is -0.464 e. The molecule has 1 unspecified atom stereocenters. The van der Waals surface area contributed by atoms with E-state index in [1.54, 1.807) is 39.8 Å². The molecule has 2 rings (SSSR count). The molecule has 0 radical (unpaired) electrons. The molecule has 0 spiro atoms. The van der Waals surface area contributed by atoms with Gasteiger partial charge in [-0.2, -0.15) is 0 Å². The molecule has 1 atom stereocenters. The maximum absolute atomic E-state index is 12.1. The van der Waals surface area contributed by atoms with E-state index in [0.29, 0.717) is 17.0 Å². The Morgan fingerprint density at radius 1 is 1.36 bits per heavy atom. The number of carbonyl (C=O) groups is 2. The van der Waals surface area contributed by atoms with Crippen molar-refractivity contribution in [2.75, 3.05) is 6.61 Å². The first-order chi connectivity index (χ1) is 11.7. The van der Waals surface area contributed by atoms with Crippen LogP contribution in [0.25, 0.3) is 11.1 Å². The number of nitrogens with zero attached hydrogens (tertiary/aromatic N) is 1. The normalized spacial score (nSPS) is 12.7. The summed E-state index contributed by atoms with van der Waals surface area (Å²) in [6.07, 6.45) is -0.644. The minimum atomic E-state index is -0.952. The largest absolute Gasteiger partial charge is 0.464 e. The number of nitrogens with one attached hydrogen (secondary N) is 1. The van der Waals surface area contributed by atoms with Gasteiger partial charge in [-0.05, 0) is 45.9 Å². The number of benzene rings is 1. The average molecular weight is 413 g/mol. The molecule has 0 bridgehead atoms. The number of carbonyl (C=O) groups excluding carboxylic acids is 2. The van der Waals surface area contributed by atoms with Crippen molar-refractivity contribution < 1.29 is 23.5 Å². The molecule has 0 aliphatic carbocycles. The predicted octanol–water partition coefficient (Wildman–Crippen LogP) is 3.59. The SMILES string of the molecule is CCOC(=O)C(Cc1nc2ccc(Br)cc2o1)NC(=O)OC(C)(C)C. The summed E-state index contributed by atoms with van der Waals surface area (Å²) in [7, 11) is 0. The number of fused-ring (bicyclic) bond motifs is 1. The van der Waals surface area contributed by atoms with Gasteiger partial charge in [-0.15, -0.1) is 0 Å². The number of hydrogen-bond acceptors (Lipinski definition) is 6. The summed E-state index contributed by atoms with van der Waals surface area (Å²) < 4.78 is 16.7. The van der Waals surface area contributed by atoms with E-state index in [1.807, 2.05) is 6.07 Å². The number of halogens is 1. The van der Waals surface area contributed by atoms with Crippen molar-refractivity contribution in [3.8, 4) is 0 Å². The van der Waals surface area contributed by atoms with Crippen LogP contribution in [0.2, 0.25) is 0 Å². The van der Waals surface area contributed by atoms with E-state index < -0.39 is 23.7 Å². The Labute approximate surface area is 154 Å². The Morgan fingerprint density at radius 2 is 2.08 bits per heavy atom. The fourth-order valence-corrected chi connectivity index (χ4v) is 2.43. The van der Waals surface area contributed by atoms with Gasteiger partial charge in [0.1, 0.15) is 17.2 Å². The zero-order chi connectivity index (χ0) is 18.6. The van der Waals surface area contributed by atoms with Gasteiger partial charge in [0.25, 0.3) is 0 Å². The number of aromatic nitrogens is 1. The average Bonchev–Trinajstić information content (AvgIpc) is 2.86. The monoisotopic (exact) mass is 412 g/mol. The smallest absolute Gasteiger partial charge is 0.408 e. The van der Waals surface area contributed by atoms with Gasteiger partial charge >= 0.3 is 12.1 Å². The standard InChI is InChI=1S/C17H21BrN2O5/c1-5-23-15(21)12(20-16(22)25-17(2,3)4)9-14-19-11-7-6-10(18)8-13(11)24-14/h6-8,12H,5,9H2,1-4H3,(H,20,22). The fourth-order valence-electron chi connectivity index (χ4n) is 2.09. The highest BCUT2D eigenvalue weighted by Gasteiger charge is 2.27. The van der Waals surface area contributed by atoms with Crippen molar-refractivity contribution in [1.82, 2.24) is 10.3 Å². The van der Waals surface area contributed by atoms with Gasteiger partial charge in [0.2, 0.25) is 0 Å². The summed E-state index contributed by atoms with van der Waals surface area (Å²) in [5.41, 5.74) is 0.579. The lowest BCUT2D eigenvalue weighted by Gasteiger charge is -2.22. The number of ether oxygens (including phenoxy) is 2. The Hall–Kier alpha value is -2.09. The molecule has 8 heteroatoms. The molecule has 0 fully saturated rings. The van der Waals surface area contributed by atoms with E-state index in [2.05, 4.69) is 26.2 Å². The van der Waals surface area contributed by atoms with Crippen LogP contribution in [0.4, 0.5) is 4.79 Å². The first kappa shape index (κ1) is 19.2. The molecule has 1 amide bonds. The van der Waals surface area contributed by atoms with Crippen molar-refractivity contribution in [2.24, 2.45) is 0 Å². The molecule has 7 nitrogen and oxygen atoms in total. The lowest BCUT2D eigenvalue weighted by atomic mass is 10.2. The number of esters is 1. The number of alkyl carbamates (subject to hydrolysis) is 1. The Kier molecular flexibility index (Phi) is 6.05. The highest BCUT2D eigenvalue weighted by atomic mass is 79.9. The predicted molar refractivity (Wildman–Crippen MR) is 95.2 cm³/mol. The molecule has 2 aromatic rings. The van der Waals surface area contributed by atoms with E-state index >= 15 is 0 Å². The third-order valence-corrected chi connectivity index (χ3v) is 3.53. The number of rotatable bonds is 5. The highest BCUT2D eigenvalue weighted by Crippen LogP contribution is 2.21. The van der Waals surface area contributed by atoms with E-state index in [0.717, 1.165) is 4.47 Å². The third-order valence-electron chi connectivity index (χ3n) is 3.04. The molecule has 25 heavy (non-hydrogen) atoms. The molecule has 1 aromatic carbocycles. The van der Waals surface area contributed by atoms with Crippen LogP contribution >= 0.6 is 15.9 Å². The lowest BCUT2D eigenvalue weighted by Crippen LogP contribution is -2.45. The second-order valence-corrected chi connectivity index (χ2v) is 7.29. The Balaban J connectivity index is 2.16. The van der Waals surface area contributed by atoms with Gasteiger partial charge < -0.3 is 19.2 Å². The van der Waals surface area contributed by atoms with Crippen LogP contribution in [0, 0.1) is 0 Å². The molecule has 0 saturated heterocycles. The molecule has 0 aliphatic heterocycles. The summed E-state index contributed by atoms with van der Waals surface area (Å²) in [4.78, 5) is 28.5. The summed E-state index contributed by atoms with van der Waals surface area (Å²) in [6.45, 7) is 7.12. The van der Waals surface area contributed by atoms with E-state index in [4.69, 9.17) is 13.9 Å². The lowest BCUT2D eigenvalue weighted by molar-refractivity contribution is -0.145. The van der Waals surface area contributed by atoms with E-state index in [-0.39, 0.29) is 13.0 Å². The molecule has 1 heterocycles. The van der Waals surface area contributed by atoms with Crippen molar-refractivity contribution >= 4 is 39.1 Å². The van der Waals surface area contributed by atoms with Gasteiger partial charge in [0.15, 0.2) is 11.5 Å². The van der Waals surface area contributed by atoms with Crippen molar-refractivity contribution in [3.05, 3.63) is 28.6 Å². The fraction of sp³-hybridized carbons (Fsp3) is 0.471. The number of amides is 1. The molecule has 136 valence electrons. The summed E-state index contributed by atoms with van der Waals surface area (Å²) in [5, 5.41) is 2.52. The highest BCUT2D eigenvalue weighted by molar-refractivity contribution is 9.10. The molecule has 0 aliphatic rings. The topological polar surface area (TPSA) is 90.7 Å². The summed E-state index contributed by atoms with van der Waals surface area (Å²) in [5.74, 6) is -0.251. The minimum absolute atomic E-state index is 0.0599. The zero-order valence-corrected chi connectivity index (χ0v) is 16.2. The van der Waals surface area contributed by atoms with Crippen molar-refractivity contribution in [3.63, 3.8) is 0 Å². The first-order valence-electron chi connectivity index (χ1n) is 7.89. The second-order valence-electron chi connectivity index (χ2n) is 6.37. The van der Waals surface area contributed by atoms with Gasteiger partial charge in [-0.1, -0.05) is 15.9 Å². The van der Waals surface area contributed by atoms with Crippen molar-refractivity contribution in [1.29, 1.82) is 0 Å². The molecule has 1 N–H and O–H groups in total. The second kappa shape index (κ2) is 7.86. The van der Waals surface area contributed by atoms with E-state index in [1.165, 1.54) is 0 Å². The van der Waals surface area contributed by atoms with Gasteiger partial charge in [0, 0.05) is 4.47 Å². The molecular weight excluding hydrogens is 392 g/mol. The quantitative estimate of drug-likeness (QED) is 0.754. The van der Waals surface area contributed by atoms with Crippen LogP contribution in [0.15, 0.2) is 27.1 Å². The van der Waals surface area contributed by atoms with Crippen molar-refractivity contribution in [2.45, 2.75) is 45.8 Å². The van der Waals surface area contributed by atoms with Gasteiger partial charge in [0.05, 0.1) is 13.0 Å². The maximum atomic E-state index is 12.1. The Morgan fingerprint density at radius 3 is 2.72 bits per heavy atom. The van der Waals surface area contributed by atoms with Gasteiger partial charge in [-0.25, -0.2) is 14.6 Å². The van der Waals surface area contributed by atoms with Crippen LogP contribution in [0.1, 0.15) is 33.6 Å². The van der Waals surface area contributed by atoms with Crippen LogP contribution in [0.5, 0.6) is 0 Å². The van der Waals surface area contributed by atoms with Crippen LogP contribution in [-0.4, -0.2) is 35.3 Å². The molecule has 1 aromatic heterocycles. The number of oxazole rings is 1. The number of hydrogen-bond donors (Lipinski definition) is 1. The molecule has 0 saturated carbocycles. The third kappa shape index (κ3) is 5.74. The van der Waals surface area contributed by atoms with E-state index in [9.17, 15) is 9.59 Å².